The monoisotopic (exact) mass is 427 g/mol. The standard InChI is InChI=1S/C27H25NO4/c1-17-14-15-20(29)16-25(17)32-24-13-5-4-10-21(24)28(26-18(2)8-6-11-22(26)30)27-19(3)9-7-12-23(27)31/h4-16,29-31H,1-3H3. The summed E-state index contributed by atoms with van der Waals surface area (Å²) < 4.78 is 6.24. The van der Waals surface area contributed by atoms with E-state index in [2.05, 4.69) is 0 Å². The van der Waals surface area contributed by atoms with Crippen LogP contribution in [0, 0.1) is 20.8 Å². The van der Waals surface area contributed by atoms with Gasteiger partial charge in [-0.05, 0) is 67.8 Å². The maximum atomic E-state index is 10.8. The number of nitrogens with zero attached hydrogens (tertiary/aromatic N) is 1. The number of hydrogen-bond donors (Lipinski definition) is 3. The van der Waals surface area contributed by atoms with Crippen LogP contribution in [0.2, 0.25) is 0 Å². The molecule has 162 valence electrons. The van der Waals surface area contributed by atoms with E-state index in [0.29, 0.717) is 28.6 Å². The maximum Gasteiger partial charge on any atom is 0.151 e. The van der Waals surface area contributed by atoms with E-state index in [-0.39, 0.29) is 17.2 Å². The van der Waals surface area contributed by atoms with E-state index < -0.39 is 0 Å². The van der Waals surface area contributed by atoms with Crippen LogP contribution >= 0.6 is 0 Å². The average molecular weight is 428 g/mol. The third-order valence-corrected chi connectivity index (χ3v) is 5.38. The molecule has 4 aromatic carbocycles. The zero-order valence-electron chi connectivity index (χ0n) is 18.2. The Morgan fingerprint density at radius 3 is 1.78 bits per heavy atom. The molecule has 0 bridgehead atoms. The summed E-state index contributed by atoms with van der Waals surface area (Å²) in [6, 6.07) is 23.0. The number of rotatable bonds is 5. The van der Waals surface area contributed by atoms with E-state index in [1.807, 2.05) is 62.1 Å². The molecular formula is C27H25NO4. The molecule has 4 aromatic rings. The molecule has 0 spiro atoms. The lowest BCUT2D eigenvalue weighted by molar-refractivity contribution is 0.453. The van der Waals surface area contributed by atoms with Crippen molar-refractivity contribution in [2.24, 2.45) is 0 Å². The summed E-state index contributed by atoms with van der Waals surface area (Å²) in [5.74, 6) is 1.28. The zero-order chi connectivity index (χ0) is 22.8. The van der Waals surface area contributed by atoms with Gasteiger partial charge < -0.3 is 20.1 Å². The molecule has 5 heteroatoms. The number of anilines is 3. The van der Waals surface area contributed by atoms with Crippen LogP contribution in [-0.4, -0.2) is 15.3 Å². The molecule has 4 rings (SSSR count). The SMILES string of the molecule is Cc1ccc(O)cc1Oc1ccccc1N(c1c(C)cccc1O)c1c(C)cccc1O. The van der Waals surface area contributed by atoms with Gasteiger partial charge in [0.2, 0.25) is 0 Å². The van der Waals surface area contributed by atoms with Gasteiger partial charge in [0.15, 0.2) is 5.75 Å². The van der Waals surface area contributed by atoms with Gasteiger partial charge >= 0.3 is 0 Å². The van der Waals surface area contributed by atoms with E-state index in [9.17, 15) is 15.3 Å². The number of para-hydroxylation sites is 4. The predicted molar refractivity (Wildman–Crippen MR) is 127 cm³/mol. The van der Waals surface area contributed by atoms with Crippen molar-refractivity contribution >= 4 is 17.1 Å². The van der Waals surface area contributed by atoms with Crippen molar-refractivity contribution in [1.82, 2.24) is 0 Å². The number of aryl methyl sites for hydroxylation is 3. The van der Waals surface area contributed by atoms with Gasteiger partial charge in [-0.1, -0.05) is 42.5 Å². The number of hydrogen-bond acceptors (Lipinski definition) is 5. The summed E-state index contributed by atoms with van der Waals surface area (Å²) in [6.07, 6.45) is 0. The fraction of sp³-hybridized carbons (Fsp3) is 0.111. The van der Waals surface area contributed by atoms with E-state index in [1.54, 1.807) is 42.5 Å². The Bertz CT molecular complexity index is 1190. The third-order valence-electron chi connectivity index (χ3n) is 5.38. The average Bonchev–Trinajstić information content (AvgIpc) is 2.75. The van der Waals surface area contributed by atoms with E-state index >= 15 is 0 Å². The Labute approximate surface area is 187 Å². The minimum absolute atomic E-state index is 0.0796. The topological polar surface area (TPSA) is 73.2 Å². The number of aromatic hydroxyl groups is 3. The molecule has 0 radical (unpaired) electrons. The molecule has 0 aliphatic heterocycles. The highest BCUT2D eigenvalue weighted by Gasteiger charge is 2.25. The number of phenols is 3. The molecule has 32 heavy (non-hydrogen) atoms. The molecule has 0 fully saturated rings. The van der Waals surface area contributed by atoms with Crippen LogP contribution in [0.15, 0.2) is 78.9 Å². The predicted octanol–water partition coefficient (Wildman–Crippen LogP) is 6.99. The fourth-order valence-corrected chi connectivity index (χ4v) is 3.77. The first-order valence-electron chi connectivity index (χ1n) is 10.3. The van der Waals surface area contributed by atoms with Crippen molar-refractivity contribution in [3.8, 4) is 28.7 Å². The first-order valence-corrected chi connectivity index (χ1v) is 10.3. The van der Waals surface area contributed by atoms with Crippen molar-refractivity contribution in [1.29, 1.82) is 0 Å². The lowest BCUT2D eigenvalue weighted by Gasteiger charge is -2.30. The van der Waals surface area contributed by atoms with Crippen molar-refractivity contribution in [3.05, 3.63) is 95.6 Å². The van der Waals surface area contributed by atoms with Crippen molar-refractivity contribution in [2.45, 2.75) is 20.8 Å². The van der Waals surface area contributed by atoms with Crippen molar-refractivity contribution in [2.75, 3.05) is 4.90 Å². The quantitative estimate of drug-likeness (QED) is 0.320. The summed E-state index contributed by atoms with van der Waals surface area (Å²) in [5, 5.41) is 31.6. The van der Waals surface area contributed by atoms with Crippen LogP contribution in [-0.2, 0) is 0 Å². The highest BCUT2D eigenvalue weighted by molar-refractivity contribution is 5.88. The smallest absolute Gasteiger partial charge is 0.151 e. The van der Waals surface area contributed by atoms with Crippen LogP contribution in [0.25, 0.3) is 0 Å². The van der Waals surface area contributed by atoms with Gasteiger partial charge in [-0.2, -0.15) is 0 Å². The Morgan fingerprint density at radius 2 is 1.19 bits per heavy atom. The molecule has 0 aliphatic rings. The Hall–Kier alpha value is -4.12. The summed E-state index contributed by atoms with van der Waals surface area (Å²) in [5.41, 5.74) is 4.24. The number of benzene rings is 4. The van der Waals surface area contributed by atoms with Crippen LogP contribution in [0.1, 0.15) is 16.7 Å². The normalized spacial score (nSPS) is 10.7. The molecule has 0 amide bonds. The van der Waals surface area contributed by atoms with Crippen LogP contribution < -0.4 is 9.64 Å². The second-order valence-electron chi connectivity index (χ2n) is 7.74. The van der Waals surface area contributed by atoms with Gasteiger partial charge in [0.1, 0.15) is 23.0 Å². The first-order chi connectivity index (χ1) is 15.4. The number of phenolic OH excluding ortho intramolecular Hbond substituents is 3. The Kier molecular flexibility index (Phi) is 5.65. The number of ether oxygens (including phenoxy) is 1. The van der Waals surface area contributed by atoms with Gasteiger partial charge in [0.05, 0.1) is 17.1 Å². The minimum atomic E-state index is 0.0796. The Balaban J connectivity index is 1.97. The zero-order valence-corrected chi connectivity index (χ0v) is 18.2. The largest absolute Gasteiger partial charge is 0.508 e. The molecule has 0 aliphatic carbocycles. The van der Waals surface area contributed by atoms with E-state index in [0.717, 1.165) is 16.7 Å². The maximum absolute atomic E-state index is 10.8. The summed E-state index contributed by atoms with van der Waals surface area (Å²) in [4.78, 5) is 1.81. The second-order valence-corrected chi connectivity index (χ2v) is 7.74. The molecule has 0 heterocycles. The molecule has 0 aromatic heterocycles. The fourth-order valence-electron chi connectivity index (χ4n) is 3.77. The van der Waals surface area contributed by atoms with Crippen LogP contribution in [0.5, 0.6) is 28.7 Å². The third kappa shape index (κ3) is 3.93. The molecule has 3 N–H and O–H groups in total. The molecule has 0 atom stereocenters. The van der Waals surface area contributed by atoms with Crippen LogP contribution in [0.4, 0.5) is 17.1 Å². The van der Waals surface area contributed by atoms with Gasteiger partial charge in [-0.15, -0.1) is 0 Å². The van der Waals surface area contributed by atoms with Gasteiger partial charge in [0.25, 0.3) is 0 Å². The minimum Gasteiger partial charge on any atom is -0.508 e. The highest BCUT2D eigenvalue weighted by atomic mass is 16.5. The van der Waals surface area contributed by atoms with E-state index in [1.165, 1.54) is 0 Å². The highest BCUT2D eigenvalue weighted by Crippen LogP contribution is 2.49. The molecule has 5 nitrogen and oxygen atoms in total. The molecule has 0 saturated heterocycles. The summed E-state index contributed by atoms with van der Waals surface area (Å²) in [6.45, 7) is 5.70. The summed E-state index contributed by atoms with van der Waals surface area (Å²) in [7, 11) is 0. The lowest BCUT2D eigenvalue weighted by Crippen LogP contribution is -2.14. The van der Waals surface area contributed by atoms with Gasteiger partial charge in [-0.3, -0.25) is 4.90 Å². The summed E-state index contributed by atoms with van der Waals surface area (Å²) >= 11 is 0. The molecular weight excluding hydrogens is 402 g/mol. The second kappa shape index (κ2) is 8.55. The Morgan fingerprint density at radius 1 is 0.594 bits per heavy atom. The first kappa shape index (κ1) is 21.1. The van der Waals surface area contributed by atoms with Gasteiger partial charge in [-0.25, -0.2) is 0 Å². The van der Waals surface area contributed by atoms with Crippen molar-refractivity contribution < 1.29 is 20.1 Å². The van der Waals surface area contributed by atoms with Crippen molar-refractivity contribution in [3.63, 3.8) is 0 Å². The van der Waals surface area contributed by atoms with Gasteiger partial charge in [0, 0.05) is 6.07 Å². The lowest BCUT2D eigenvalue weighted by atomic mass is 10.1. The molecule has 0 unspecified atom stereocenters. The van der Waals surface area contributed by atoms with Crippen LogP contribution in [0.3, 0.4) is 0 Å². The molecule has 0 saturated carbocycles. The van der Waals surface area contributed by atoms with E-state index in [4.69, 9.17) is 4.74 Å².